The maximum absolute atomic E-state index is 9.18. The smallest absolute Gasteiger partial charge is 0.122 e. The second-order valence-electron chi connectivity index (χ2n) is 3.65. The molecule has 0 bridgehead atoms. The molecule has 84 valence electrons. The monoisotopic (exact) mass is 226 g/mol. The van der Waals surface area contributed by atoms with Gasteiger partial charge in [-0.25, -0.2) is 0 Å². The van der Waals surface area contributed by atoms with E-state index in [-0.39, 0.29) is 12.5 Å². The van der Waals surface area contributed by atoms with Gasteiger partial charge in [0.1, 0.15) is 5.75 Å². The van der Waals surface area contributed by atoms with Gasteiger partial charge in [0.2, 0.25) is 0 Å². The van der Waals surface area contributed by atoms with E-state index in [1.807, 2.05) is 13.0 Å². The average Bonchev–Trinajstić information content (AvgIpc) is 2.27. The lowest BCUT2D eigenvalue weighted by atomic mass is 9.99. The van der Waals surface area contributed by atoms with Crippen molar-refractivity contribution in [2.24, 2.45) is 0 Å². The standard InChI is InChI=1S/C12H18O2S/c1-8-5-11(14-3)10(9(2)7-13)6-12(8)15-4/h5-6,9,13H,7H2,1-4H3. The van der Waals surface area contributed by atoms with Crippen LogP contribution in [0.4, 0.5) is 0 Å². The predicted octanol–water partition coefficient (Wildman–Crippen LogP) is 2.82. The van der Waals surface area contributed by atoms with Gasteiger partial charge in [-0.2, -0.15) is 0 Å². The first-order valence-electron chi connectivity index (χ1n) is 4.97. The summed E-state index contributed by atoms with van der Waals surface area (Å²) in [5.41, 5.74) is 2.29. The topological polar surface area (TPSA) is 29.5 Å². The minimum Gasteiger partial charge on any atom is -0.496 e. The van der Waals surface area contributed by atoms with Crippen molar-refractivity contribution in [3.63, 3.8) is 0 Å². The fourth-order valence-corrected chi connectivity index (χ4v) is 2.18. The van der Waals surface area contributed by atoms with E-state index in [4.69, 9.17) is 4.74 Å². The molecule has 3 heteroatoms. The van der Waals surface area contributed by atoms with Gasteiger partial charge in [0.05, 0.1) is 7.11 Å². The van der Waals surface area contributed by atoms with Crippen LogP contribution in [-0.4, -0.2) is 25.1 Å². The van der Waals surface area contributed by atoms with Crippen LogP contribution in [0.3, 0.4) is 0 Å². The highest BCUT2D eigenvalue weighted by molar-refractivity contribution is 7.98. The molecule has 0 heterocycles. The van der Waals surface area contributed by atoms with Gasteiger partial charge < -0.3 is 9.84 Å². The molecule has 1 atom stereocenters. The van der Waals surface area contributed by atoms with Crippen molar-refractivity contribution >= 4 is 11.8 Å². The summed E-state index contributed by atoms with van der Waals surface area (Å²) in [7, 11) is 1.67. The summed E-state index contributed by atoms with van der Waals surface area (Å²) in [6.07, 6.45) is 2.06. The van der Waals surface area contributed by atoms with Crippen LogP contribution in [0.5, 0.6) is 5.75 Å². The minimum atomic E-state index is 0.117. The van der Waals surface area contributed by atoms with Crippen molar-refractivity contribution in [2.75, 3.05) is 20.0 Å². The summed E-state index contributed by atoms with van der Waals surface area (Å²) in [5, 5.41) is 9.18. The first kappa shape index (κ1) is 12.4. The van der Waals surface area contributed by atoms with Gasteiger partial charge in [-0.3, -0.25) is 0 Å². The summed E-state index contributed by atoms with van der Waals surface area (Å²) >= 11 is 1.72. The van der Waals surface area contributed by atoms with Gasteiger partial charge in [-0.15, -0.1) is 11.8 Å². The molecule has 1 unspecified atom stereocenters. The summed E-state index contributed by atoms with van der Waals surface area (Å²) in [6.45, 7) is 4.21. The van der Waals surface area contributed by atoms with Crippen molar-refractivity contribution < 1.29 is 9.84 Å². The molecule has 2 nitrogen and oxygen atoms in total. The lowest BCUT2D eigenvalue weighted by Gasteiger charge is -2.16. The van der Waals surface area contributed by atoms with E-state index in [1.54, 1.807) is 18.9 Å². The SMILES string of the molecule is COc1cc(C)c(SC)cc1C(C)CO. The Labute approximate surface area is 95.7 Å². The summed E-state index contributed by atoms with van der Waals surface area (Å²) in [5.74, 6) is 0.985. The van der Waals surface area contributed by atoms with Gasteiger partial charge in [-0.1, -0.05) is 6.92 Å². The number of thioether (sulfide) groups is 1. The first-order chi connectivity index (χ1) is 7.13. The number of ether oxygens (including phenoxy) is 1. The Morgan fingerprint density at radius 3 is 2.60 bits per heavy atom. The van der Waals surface area contributed by atoms with E-state index in [1.165, 1.54) is 10.5 Å². The highest BCUT2D eigenvalue weighted by atomic mass is 32.2. The van der Waals surface area contributed by atoms with E-state index in [0.29, 0.717) is 0 Å². The Morgan fingerprint density at radius 1 is 1.47 bits per heavy atom. The van der Waals surface area contributed by atoms with Crippen LogP contribution in [0.15, 0.2) is 17.0 Å². The quantitative estimate of drug-likeness (QED) is 0.801. The molecular weight excluding hydrogens is 208 g/mol. The number of methoxy groups -OCH3 is 1. The van der Waals surface area contributed by atoms with Gasteiger partial charge >= 0.3 is 0 Å². The van der Waals surface area contributed by atoms with E-state index < -0.39 is 0 Å². The van der Waals surface area contributed by atoms with Crippen LogP contribution in [0.2, 0.25) is 0 Å². The predicted molar refractivity (Wildman–Crippen MR) is 65.0 cm³/mol. The number of hydrogen-bond acceptors (Lipinski definition) is 3. The normalized spacial score (nSPS) is 12.6. The van der Waals surface area contributed by atoms with Gasteiger partial charge in [0, 0.05) is 23.0 Å². The minimum absolute atomic E-state index is 0.117. The molecule has 15 heavy (non-hydrogen) atoms. The van der Waals surface area contributed by atoms with Crippen molar-refractivity contribution in [1.29, 1.82) is 0 Å². The Hall–Kier alpha value is -0.670. The molecule has 0 amide bonds. The molecule has 0 aliphatic carbocycles. The highest BCUT2D eigenvalue weighted by Crippen LogP contribution is 2.33. The molecule has 1 aromatic rings. The number of hydrogen-bond donors (Lipinski definition) is 1. The zero-order valence-electron chi connectivity index (χ0n) is 9.70. The van der Waals surface area contributed by atoms with Crippen molar-refractivity contribution in [3.8, 4) is 5.75 Å². The third-order valence-corrected chi connectivity index (χ3v) is 3.43. The molecule has 0 aliphatic heterocycles. The van der Waals surface area contributed by atoms with Crippen LogP contribution in [0.1, 0.15) is 24.0 Å². The number of aryl methyl sites for hydroxylation is 1. The Kier molecular flexibility index (Phi) is 4.48. The van der Waals surface area contributed by atoms with Crippen molar-refractivity contribution in [1.82, 2.24) is 0 Å². The molecule has 1 aromatic carbocycles. The molecule has 0 aliphatic rings. The largest absolute Gasteiger partial charge is 0.496 e. The van der Waals surface area contributed by atoms with Gasteiger partial charge in [0.25, 0.3) is 0 Å². The second-order valence-corrected chi connectivity index (χ2v) is 4.50. The van der Waals surface area contributed by atoms with E-state index in [0.717, 1.165) is 11.3 Å². The Bertz CT molecular complexity index is 337. The number of aliphatic hydroxyl groups excluding tert-OH is 1. The molecule has 1 rings (SSSR count). The van der Waals surface area contributed by atoms with Crippen LogP contribution >= 0.6 is 11.8 Å². The maximum Gasteiger partial charge on any atom is 0.122 e. The van der Waals surface area contributed by atoms with Crippen LogP contribution in [-0.2, 0) is 0 Å². The Balaban J connectivity index is 3.22. The fraction of sp³-hybridized carbons (Fsp3) is 0.500. The second kappa shape index (κ2) is 5.42. The summed E-state index contributed by atoms with van der Waals surface area (Å²) in [4.78, 5) is 1.24. The molecule has 1 N–H and O–H groups in total. The molecular formula is C12H18O2S. The van der Waals surface area contributed by atoms with Gasteiger partial charge in [0.15, 0.2) is 0 Å². The average molecular weight is 226 g/mol. The molecule has 0 spiro atoms. The molecule has 0 radical (unpaired) electrons. The Morgan fingerprint density at radius 2 is 2.13 bits per heavy atom. The van der Waals surface area contributed by atoms with Crippen molar-refractivity contribution in [3.05, 3.63) is 23.3 Å². The van der Waals surface area contributed by atoms with Crippen molar-refractivity contribution in [2.45, 2.75) is 24.7 Å². The fourth-order valence-electron chi connectivity index (χ4n) is 1.56. The van der Waals surface area contributed by atoms with E-state index >= 15 is 0 Å². The van der Waals surface area contributed by atoms with Crippen LogP contribution in [0, 0.1) is 6.92 Å². The number of benzene rings is 1. The third-order valence-electron chi connectivity index (χ3n) is 2.55. The zero-order chi connectivity index (χ0) is 11.4. The lowest BCUT2D eigenvalue weighted by molar-refractivity contribution is 0.269. The van der Waals surface area contributed by atoms with E-state index in [2.05, 4.69) is 19.2 Å². The summed E-state index contributed by atoms with van der Waals surface area (Å²) in [6, 6.07) is 4.15. The maximum atomic E-state index is 9.18. The molecule has 0 fully saturated rings. The zero-order valence-corrected chi connectivity index (χ0v) is 10.5. The molecule has 0 aromatic heterocycles. The van der Waals surface area contributed by atoms with Crippen LogP contribution in [0.25, 0.3) is 0 Å². The first-order valence-corrected chi connectivity index (χ1v) is 6.19. The number of aliphatic hydroxyl groups is 1. The molecule has 0 saturated carbocycles. The summed E-state index contributed by atoms with van der Waals surface area (Å²) < 4.78 is 5.33. The van der Waals surface area contributed by atoms with E-state index in [9.17, 15) is 5.11 Å². The van der Waals surface area contributed by atoms with Gasteiger partial charge in [-0.05, 0) is 30.9 Å². The number of rotatable bonds is 4. The molecule has 0 saturated heterocycles. The van der Waals surface area contributed by atoms with Crippen LogP contribution < -0.4 is 4.74 Å². The third kappa shape index (κ3) is 2.67. The lowest BCUT2D eigenvalue weighted by Crippen LogP contribution is -2.02. The highest BCUT2D eigenvalue weighted by Gasteiger charge is 2.13.